The molecule has 3 rings (SSSR count). The van der Waals surface area contributed by atoms with Crippen LogP contribution in [-0.4, -0.2) is 28.2 Å². The van der Waals surface area contributed by atoms with Crippen LogP contribution in [0.25, 0.3) is 5.69 Å². The standard InChI is InChI=1S/C21H20F2N4O3/c1-12-20(13(2)27(26-12)18-8-3-14(22)11-17(18)23)21(29)25-15-4-6-16(7-5-15)30-10-9-19(24)28/h3-8,11H,9-10H2,1-2H3,(H2,24,28)(H,25,29). The number of amides is 2. The Morgan fingerprint density at radius 1 is 1.13 bits per heavy atom. The number of rotatable bonds is 7. The Kier molecular flexibility index (Phi) is 6.10. The summed E-state index contributed by atoms with van der Waals surface area (Å²) in [5.74, 6) is -1.81. The summed E-state index contributed by atoms with van der Waals surface area (Å²) in [5.41, 5.74) is 6.74. The molecular formula is C21H20F2N4O3. The van der Waals surface area contributed by atoms with Crippen LogP contribution in [0.4, 0.5) is 14.5 Å². The minimum Gasteiger partial charge on any atom is -0.493 e. The van der Waals surface area contributed by atoms with Crippen molar-refractivity contribution in [2.24, 2.45) is 5.73 Å². The minimum atomic E-state index is -0.778. The highest BCUT2D eigenvalue weighted by Gasteiger charge is 2.21. The number of hydrogen-bond acceptors (Lipinski definition) is 4. The van der Waals surface area contributed by atoms with Crippen molar-refractivity contribution in [3.63, 3.8) is 0 Å². The number of nitrogens with one attached hydrogen (secondary N) is 1. The highest BCUT2D eigenvalue weighted by atomic mass is 19.1. The Morgan fingerprint density at radius 3 is 2.47 bits per heavy atom. The number of halogens is 2. The zero-order chi connectivity index (χ0) is 21.8. The van der Waals surface area contributed by atoms with E-state index in [2.05, 4.69) is 10.4 Å². The van der Waals surface area contributed by atoms with E-state index in [9.17, 15) is 18.4 Å². The molecule has 0 saturated heterocycles. The van der Waals surface area contributed by atoms with Crippen molar-refractivity contribution >= 4 is 17.5 Å². The van der Waals surface area contributed by atoms with Crippen LogP contribution in [-0.2, 0) is 4.79 Å². The average molecular weight is 414 g/mol. The topological polar surface area (TPSA) is 99.2 Å². The van der Waals surface area contributed by atoms with Gasteiger partial charge in [0.2, 0.25) is 5.91 Å². The molecule has 3 aromatic rings. The number of nitrogens with zero attached hydrogens (tertiary/aromatic N) is 2. The van der Waals surface area contributed by atoms with Crippen molar-refractivity contribution in [2.75, 3.05) is 11.9 Å². The van der Waals surface area contributed by atoms with E-state index in [1.807, 2.05) is 0 Å². The molecule has 2 amide bonds. The molecule has 1 aromatic heterocycles. The Labute approximate surface area is 171 Å². The third kappa shape index (κ3) is 4.62. The van der Waals surface area contributed by atoms with Crippen LogP contribution in [0.5, 0.6) is 5.75 Å². The first-order valence-electron chi connectivity index (χ1n) is 9.10. The number of aryl methyl sites for hydroxylation is 1. The van der Waals surface area contributed by atoms with Crippen LogP contribution in [0.2, 0.25) is 0 Å². The molecular weight excluding hydrogens is 394 g/mol. The number of ether oxygens (including phenoxy) is 1. The summed E-state index contributed by atoms with van der Waals surface area (Å²) in [6.45, 7) is 3.43. The maximum atomic E-state index is 14.1. The second-order valence-corrected chi connectivity index (χ2v) is 6.60. The second kappa shape index (κ2) is 8.73. The van der Waals surface area contributed by atoms with Crippen LogP contribution < -0.4 is 15.8 Å². The van der Waals surface area contributed by atoms with Gasteiger partial charge in [-0.2, -0.15) is 5.10 Å². The number of benzene rings is 2. The summed E-state index contributed by atoms with van der Waals surface area (Å²) in [4.78, 5) is 23.5. The zero-order valence-electron chi connectivity index (χ0n) is 16.4. The molecule has 156 valence electrons. The van der Waals surface area contributed by atoms with Gasteiger partial charge in [-0.1, -0.05) is 0 Å². The van der Waals surface area contributed by atoms with E-state index < -0.39 is 23.4 Å². The number of carbonyl (C=O) groups is 2. The van der Waals surface area contributed by atoms with E-state index in [-0.39, 0.29) is 18.7 Å². The minimum absolute atomic E-state index is 0.0495. The van der Waals surface area contributed by atoms with Gasteiger partial charge < -0.3 is 15.8 Å². The molecule has 0 atom stereocenters. The quantitative estimate of drug-likeness (QED) is 0.620. The Balaban J connectivity index is 1.76. The molecule has 0 aliphatic carbocycles. The lowest BCUT2D eigenvalue weighted by Crippen LogP contribution is -2.15. The molecule has 1 heterocycles. The van der Waals surface area contributed by atoms with Gasteiger partial charge in [0, 0.05) is 11.8 Å². The number of carbonyl (C=O) groups excluding carboxylic acids is 2. The summed E-state index contributed by atoms with van der Waals surface area (Å²) in [7, 11) is 0. The largest absolute Gasteiger partial charge is 0.493 e. The molecule has 0 bridgehead atoms. The maximum Gasteiger partial charge on any atom is 0.259 e. The first-order valence-corrected chi connectivity index (χ1v) is 9.10. The van der Waals surface area contributed by atoms with Gasteiger partial charge in [0.1, 0.15) is 17.3 Å². The second-order valence-electron chi connectivity index (χ2n) is 6.60. The Morgan fingerprint density at radius 2 is 1.83 bits per heavy atom. The number of nitrogens with two attached hydrogens (primary N) is 1. The molecule has 3 N–H and O–H groups in total. The number of anilines is 1. The highest BCUT2D eigenvalue weighted by Crippen LogP contribution is 2.23. The van der Waals surface area contributed by atoms with Crippen LogP contribution in [0, 0.1) is 25.5 Å². The number of primary amides is 1. The molecule has 0 unspecified atom stereocenters. The van der Waals surface area contributed by atoms with Crippen molar-refractivity contribution in [1.29, 1.82) is 0 Å². The molecule has 0 saturated carbocycles. The van der Waals surface area contributed by atoms with Gasteiger partial charge in [0.25, 0.3) is 5.91 Å². The molecule has 7 nitrogen and oxygen atoms in total. The maximum absolute atomic E-state index is 14.1. The van der Waals surface area contributed by atoms with Gasteiger partial charge in [-0.25, -0.2) is 13.5 Å². The molecule has 0 aliphatic rings. The third-order valence-corrected chi connectivity index (χ3v) is 4.39. The fourth-order valence-corrected chi connectivity index (χ4v) is 2.96. The molecule has 0 aliphatic heterocycles. The van der Waals surface area contributed by atoms with E-state index >= 15 is 0 Å². The molecule has 30 heavy (non-hydrogen) atoms. The van der Waals surface area contributed by atoms with Crippen molar-refractivity contribution in [2.45, 2.75) is 20.3 Å². The number of aromatic nitrogens is 2. The van der Waals surface area contributed by atoms with Gasteiger partial charge >= 0.3 is 0 Å². The van der Waals surface area contributed by atoms with Gasteiger partial charge in [0.05, 0.1) is 30.0 Å². The van der Waals surface area contributed by atoms with Gasteiger partial charge in [-0.15, -0.1) is 0 Å². The molecule has 0 radical (unpaired) electrons. The monoisotopic (exact) mass is 414 g/mol. The SMILES string of the molecule is Cc1nn(-c2ccc(F)cc2F)c(C)c1C(=O)Nc1ccc(OCCC(N)=O)cc1. The summed E-state index contributed by atoms with van der Waals surface area (Å²) in [5, 5.41) is 6.99. The smallest absolute Gasteiger partial charge is 0.259 e. The van der Waals surface area contributed by atoms with Gasteiger partial charge in [0.15, 0.2) is 5.82 Å². The van der Waals surface area contributed by atoms with Crippen molar-refractivity contribution < 1.29 is 23.1 Å². The van der Waals surface area contributed by atoms with Crippen molar-refractivity contribution in [1.82, 2.24) is 9.78 Å². The first-order chi connectivity index (χ1) is 14.3. The summed E-state index contributed by atoms with van der Waals surface area (Å²) in [6, 6.07) is 9.74. The predicted octanol–water partition coefficient (Wildman–Crippen LogP) is 3.27. The van der Waals surface area contributed by atoms with E-state index in [1.165, 1.54) is 10.7 Å². The Bertz CT molecular complexity index is 1090. The summed E-state index contributed by atoms with van der Waals surface area (Å²) in [6.07, 6.45) is 0.107. The van der Waals surface area contributed by atoms with Crippen LogP contribution in [0.1, 0.15) is 28.2 Å². The van der Waals surface area contributed by atoms with E-state index in [0.29, 0.717) is 28.4 Å². The number of hydrogen-bond donors (Lipinski definition) is 2. The van der Waals surface area contributed by atoms with Crippen molar-refractivity contribution in [3.8, 4) is 11.4 Å². The van der Waals surface area contributed by atoms with Gasteiger partial charge in [-0.05, 0) is 50.2 Å². The lowest BCUT2D eigenvalue weighted by atomic mass is 10.1. The first kappa shape index (κ1) is 21.0. The fourth-order valence-electron chi connectivity index (χ4n) is 2.96. The average Bonchev–Trinajstić information content (AvgIpc) is 2.97. The predicted molar refractivity (Wildman–Crippen MR) is 107 cm³/mol. The molecule has 9 heteroatoms. The molecule has 0 spiro atoms. The van der Waals surface area contributed by atoms with Crippen molar-refractivity contribution in [3.05, 3.63) is 71.1 Å². The zero-order valence-corrected chi connectivity index (χ0v) is 16.4. The fraction of sp³-hybridized carbons (Fsp3) is 0.190. The highest BCUT2D eigenvalue weighted by molar-refractivity contribution is 6.06. The van der Waals surface area contributed by atoms with Crippen LogP contribution in [0.3, 0.4) is 0 Å². The lowest BCUT2D eigenvalue weighted by molar-refractivity contribution is -0.118. The Hall–Kier alpha value is -3.75. The summed E-state index contributed by atoms with van der Waals surface area (Å²) < 4.78 is 34.0. The van der Waals surface area contributed by atoms with E-state index in [4.69, 9.17) is 10.5 Å². The molecule has 2 aromatic carbocycles. The summed E-state index contributed by atoms with van der Waals surface area (Å²) >= 11 is 0. The molecule has 0 fully saturated rings. The normalized spacial score (nSPS) is 10.7. The third-order valence-electron chi connectivity index (χ3n) is 4.39. The van der Waals surface area contributed by atoms with Crippen LogP contribution in [0.15, 0.2) is 42.5 Å². The lowest BCUT2D eigenvalue weighted by Gasteiger charge is -2.09. The van der Waals surface area contributed by atoms with Crippen LogP contribution >= 0.6 is 0 Å². The van der Waals surface area contributed by atoms with Gasteiger partial charge in [-0.3, -0.25) is 9.59 Å². The van der Waals surface area contributed by atoms with E-state index in [1.54, 1.807) is 38.1 Å². The van der Waals surface area contributed by atoms with E-state index in [0.717, 1.165) is 12.1 Å².